The van der Waals surface area contributed by atoms with Crippen LogP contribution in [0.4, 0.5) is 0 Å². The van der Waals surface area contributed by atoms with E-state index in [0.717, 1.165) is 13.0 Å². The summed E-state index contributed by atoms with van der Waals surface area (Å²) >= 11 is 0. The summed E-state index contributed by atoms with van der Waals surface area (Å²) in [7, 11) is 1.97. The van der Waals surface area contributed by atoms with Crippen molar-refractivity contribution >= 4 is 0 Å². The van der Waals surface area contributed by atoms with Crippen molar-refractivity contribution in [3.63, 3.8) is 0 Å². The molecule has 1 N–H and O–H groups in total. The van der Waals surface area contributed by atoms with E-state index in [1.165, 1.54) is 11.4 Å². The van der Waals surface area contributed by atoms with Crippen LogP contribution in [-0.4, -0.2) is 23.4 Å². The summed E-state index contributed by atoms with van der Waals surface area (Å²) in [6, 6.07) is 2.17. The van der Waals surface area contributed by atoms with Gasteiger partial charge in [-0.25, -0.2) is 0 Å². The first-order valence-electron chi connectivity index (χ1n) is 5.16. The van der Waals surface area contributed by atoms with Crippen LogP contribution in [0.5, 0.6) is 0 Å². The number of aryl methyl sites for hydroxylation is 1. The Kier molecular flexibility index (Phi) is 3.32. The van der Waals surface area contributed by atoms with Gasteiger partial charge in [0.1, 0.15) is 0 Å². The van der Waals surface area contributed by atoms with E-state index < -0.39 is 0 Å². The van der Waals surface area contributed by atoms with Gasteiger partial charge < -0.3 is 5.32 Å². The fourth-order valence-electron chi connectivity index (χ4n) is 1.59. The highest BCUT2D eigenvalue weighted by molar-refractivity contribution is 5.10. The lowest BCUT2D eigenvalue weighted by molar-refractivity contribution is 0.345. The van der Waals surface area contributed by atoms with E-state index in [2.05, 4.69) is 48.9 Å². The minimum Gasteiger partial charge on any atom is -0.319 e. The maximum atomic E-state index is 4.60. The van der Waals surface area contributed by atoms with Gasteiger partial charge in [0.25, 0.3) is 0 Å². The Morgan fingerprint density at radius 2 is 2.07 bits per heavy atom. The molecule has 0 amide bonds. The minimum absolute atomic E-state index is 0.0853. The van der Waals surface area contributed by atoms with E-state index >= 15 is 0 Å². The molecule has 0 bridgehead atoms. The van der Waals surface area contributed by atoms with Crippen LogP contribution in [0.1, 0.15) is 32.2 Å². The lowest BCUT2D eigenvalue weighted by Gasteiger charge is -2.21. The number of nitrogens with zero attached hydrogens (tertiary/aromatic N) is 2. The van der Waals surface area contributed by atoms with Gasteiger partial charge in [-0.3, -0.25) is 4.68 Å². The predicted octanol–water partition coefficient (Wildman–Crippen LogP) is 1.71. The molecule has 0 aromatic carbocycles. The normalized spacial score (nSPS) is 12.1. The summed E-state index contributed by atoms with van der Waals surface area (Å²) in [5.41, 5.74) is 2.50. The van der Waals surface area contributed by atoms with Gasteiger partial charge in [0.2, 0.25) is 0 Å². The maximum Gasteiger partial charge on any atom is 0.0640 e. The number of hydrogen-bond donors (Lipinski definition) is 1. The van der Waals surface area contributed by atoms with Crippen molar-refractivity contribution in [1.29, 1.82) is 0 Å². The van der Waals surface area contributed by atoms with Crippen LogP contribution in [0.15, 0.2) is 6.07 Å². The number of rotatable bonds is 3. The van der Waals surface area contributed by atoms with Gasteiger partial charge in [0, 0.05) is 18.7 Å². The molecular formula is C11H21N3. The molecule has 0 aliphatic heterocycles. The maximum absolute atomic E-state index is 4.60. The molecule has 0 aliphatic carbocycles. The van der Waals surface area contributed by atoms with E-state index in [4.69, 9.17) is 0 Å². The van der Waals surface area contributed by atoms with E-state index in [1.807, 2.05) is 7.05 Å². The third-order valence-electron chi connectivity index (χ3n) is 2.20. The summed E-state index contributed by atoms with van der Waals surface area (Å²) in [6.07, 6.45) is 1.00. The number of nitrogens with one attached hydrogen (secondary N) is 1. The molecule has 0 saturated heterocycles. The lowest BCUT2D eigenvalue weighted by atomic mass is 10.1. The average Bonchev–Trinajstić information content (AvgIpc) is 2.42. The first-order valence-corrected chi connectivity index (χ1v) is 5.16. The summed E-state index contributed by atoms with van der Waals surface area (Å²) in [5.74, 6) is 0. The van der Waals surface area contributed by atoms with Crippen molar-refractivity contribution in [3.05, 3.63) is 17.5 Å². The van der Waals surface area contributed by atoms with Crippen LogP contribution >= 0.6 is 0 Å². The standard InChI is InChI=1S/C11H21N3/c1-9-8-10(6-7-12-5)13-14(9)11(2,3)4/h8,12H,6-7H2,1-5H3. The molecule has 0 fully saturated rings. The first kappa shape index (κ1) is 11.2. The number of hydrogen-bond acceptors (Lipinski definition) is 2. The topological polar surface area (TPSA) is 29.9 Å². The molecule has 1 aromatic rings. The van der Waals surface area contributed by atoms with Crippen molar-refractivity contribution in [3.8, 4) is 0 Å². The fourth-order valence-corrected chi connectivity index (χ4v) is 1.59. The largest absolute Gasteiger partial charge is 0.319 e. The molecule has 0 saturated carbocycles. The summed E-state index contributed by atoms with van der Waals surface area (Å²) < 4.78 is 2.10. The second kappa shape index (κ2) is 4.13. The Balaban J connectivity index is 2.83. The molecular weight excluding hydrogens is 174 g/mol. The van der Waals surface area contributed by atoms with Gasteiger partial charge in [0.05, 0.1) is 11.2 Å². The van der Waals surface area contributed by atoms with Crippen LogP contribution in [0, 0.1) is 6.92 Å². The molecule has 0 atom stereocenters. The van der Waals surface area contributed by atoms with Gasteiger partial charge in [-0.05, 0) is 40.8 Å². The highest BCUT2D eigenvalue weighted by Gasteiger charge is 2.16. The van der Waals surface area contributed by atoms with Gasteiger partial charge in [-0.2, -0.15) is 5.10 Å². The van der Waals surface area contributed by atoms with Gasteiger partial charge >= 0.3 is 0 Å². The zero-order valence-electron chi connectivity index (χ0n) is 9.89. The van der Waals surface area contributed by atoms with Crippen LogP contribution in [0.25, 0.3) is 0 Å². The Labute approximate surface area is 86.5 Å². The van der Waals surface area contributed by atoms with Crippen molar-refractivity contribution < 1.29 is 0 Å². The number of likely N-dealkylation sites (N-methyl/N-ethyl adjacent to an activating group) is 1. The smallest absolute Gasteiger partial charge is 0.0640 e. The Morgan fingerprint density at radius 3 is 2.50 bits per heavy atom. The van der Waals surface area contributed by atoms with Crippen molar-refractivity contribution in [2.24, 2.45) is 0 Å². The third-order valence-corrected chi connectivity index (χ3v) is 2.20. The Bertz CT molecular complexity index is 294. The van der Waals surface area contributed by atoms with Crippen molar-refractivity contribution in [2.75, 3.05) is 13.6 Å². The Hall–Kier alpha value is -0.830. The van der Waals surface area contributed by atoms with E-state index in [0.29, 0.717) is 0 Å². The molecule has 0 aliphatic rings. The molecule has 1 aromatic heterocycles. The van der Waals surface area contributed by atoms with E-state index in [9.17, 15) is 0 Å². The van der Waals surface area contributed by atoms with Gasteiger partial charge in [-0.1, -0.05) is 0 Å². The highest BCUT2D eigenvalue weighted by Crippen LogP contribution is 2.16. The van der Waals surface area contributed by atoms with Crippen LogP contribution in [0.2, 0.25) is 0 Å². The zero-order valence-corrected chi connectivity index (χ0v) is 9.89. The molecule has 0 spiro atoms. The van der Waals surface area contributed by atoms with Crippen molar-refractivity contribution in [1.82, 2.24) is 15.1 Å². The SMILES string of the molecule is CNCCc1cc(C)n(C(C)(C)C)n1. The highest BCUT2D eigenvalue weighted by atomic mass is 15.3. The summed E-state index contributed by atoms with van der Waals surface area (Å²) in [4.78, 5) is 0. The Morgan fingerprint density at radius 1 is 1.43 bits per heavy atom. The predicted molar refractivity (Wildman–Crippen MR) is 59.6 cm³/mol. The van der Waals surface area contributed by atoms with Crippen LogP contribution in [-0.2, 0) is 12.0 Å². The van der Waals surface area contributed by atoms with E-state index in [1.54, 1.807) is 0 Å². The summed E-state index contributed by atoms with van der Waals surface area (Å²) in [5, 5.41) is 7.73. The quantitative estimate of drug-likeness (QED) is 0.795. The molecule has 0 unspecified atom stereocenters. The van der Waals surface area contributed by atoms with Gasteiger partial charge in [0.15, 0.2) is 0 Å². The van der Waals surface area contributed by atoms with E-state index in [-0.39, 0.29) is 5.54 Å². The second-order valence-corrected chi connectivity index (χ2v) is 4.71. The first-order chi connectivity index (χ1) is 6.45. The molecule has 3 nitrogen and oxygen atoms in total. The molecule has 14 heavy (non-hydrogen) atoms. The summed E-state index contributed by atoms with van der Waals surface area (Å²) in [6.45, 7) is 9.63. The molecule has 3 heteroatoms. The van der Waals surface area contributed by atoms with Gasteiger partial charge in [-0.15, -0.1) is 0 Å². The van der Waals surface area contributed by atoms with Crippen molar-refractivity contribution in [2.45, 2.75) is 39.7 Å². The monoisotopic (exact) mass is 195 g/mol. The molecule has 1 rings (SSSR count). The average molecular weight is 195 g/mol. The zero-order chi connectivity index (χ0) is 10.8. The third kappa shape index (κ3) is 2.58. The molecule has 80 valence electrons. The minimum atomic E-state index is 0.0853. The second-order valence-electron chi connectivity index (χ2n) is 4.71. The molecule has 0 radical (unpaired) electrons. The van der Waals surface area contributed by atoms with Crippen LogP contribution < -0.4 is 5.32 Å². The van der Waals surface area contributed by atoms with Crippen LogP contribution in [0.3, 0.4) is 0 Å². The molecule has 1 heterocycles. The number of aromatic nitrogens is 2. The fraction of sp³-hybridized carbons (Fsp3) is 0.727. The lowest BCUT2D eigenvalue weighted by Crippen LogP contribution is -2.24.